The molecule has 1 rings (SSSR count). The van der Waals surface area contributed by atoms with Crippen molar-refractivity contribution in [3.63, 3.8) is 0 Å². The molecule has 1 heterocycles. The number of sulfonamides is 1. The first-order valence-corrected chi connectivity index (χ1v) is 7.98. The number of likely N-dealkylation sites (N-methyl/N-ethyl adjacent to an activating group) is 1. The fraction of sp³-hybridized carbons (Fsp3) is 0.909. The topological polar surface area (TPSA) is 87.7 Å². The van der Waals surface area contributed by atoms with Gasteiger partial charge in [0, 0.05) is 25.7 Å². The molecular weight excluding hydrogens is 270 g/mol. The Morgan fingerprint density at radius 1 is 1.47 bits per heavy atom. The van der Waals surface area contributed by atoms with Crippen LogP contribution in [0.5, 0.6) is 0 Å². The number of hydrogen-bond acceptors (Lipinski definition) is 5. The number of carbonyl (C=O) groups excluding carboxylic acids is 1. The summed E-state index contributed by atoms with van der Waals surface area (Å²) in [5.74, 6) is 0.358. The van der Waals surface area contributed by atoms with Crippen LogP contribution in [-0.4, -0.2) is 64.4 Å². The molecule has 1 saturated heterocycles. The summed E-state index contributed by atoms with van der Waals surface area (Å²) in [5, 5.41) is 5.52. The lowest BCUT2D eigenvalue weighted by Gasteiger charge is -2.36. The summed E-state index contributed by atoms with van der Waals surface area (Å²) in [6, 6.07) is 0.178. The Morgan fingerprint density at radius 3 is 2.74 bits per heavy atom. The van der Waals surface area contributed by atoms with Crippen molar-refractivity contribution in [2.45, 2.75) is 19.4 Å². The van der Waals surface area contributed by atoms with E-state index in [1.807, 2.05) is 7.05 Å². The second kappa shape index (κ2) is 7.06. The van der Waals surface area contributed by atoms with Crippen LogP contribution in [0.4, 0.5) is 4.79 Å². The Balaban J connectivity index is 2.50. The highest BCUT2D eigenvalue weighted by molar-refractivity contribution is 7.89. The summed E-state index contributed by atoms with van der Waals surface area (Å²) in [6.45, 7) is 3.20. The Bertz CT molecular complexity index is 399. The van der Waals surface area contributed by atoms with E-state index in [4.69, 9.17) is 0 Å². The second-order valence-corrected chi connectivity index (χ2v) is 6.84. The van der Waals surface area contributed by atoms with Crippen molar-refractivity contribution >= 4 is 16.1 Å². The molecule has 0 aliphatic carbocycles. The van der Waals surface area contributed by atoms with E-state index >= 15 is 0 Å². The van der Waals surface area contributed by atoms with Gasteiger partial charge >= 0.3 is 6.09 Å². The normalized spacial score (nSPS) is 25.0. The van der Waals surface area contributed by atoms with Crippen LogP contribution in [0, 0.1) is 5.92 Å². The molecule has 0 aromatic rings. The van der Waals surface area contributed by atoms with Crippen LogP contribution in [0.1, 0.15) is 13.3 Å². The van der Waals surface area contributed by atoms with E-state index in [9.17, 15) is 13.2 Å². The van der Waals surface area contributed by atoms with Gasteiger partial charge in [0.25, 0.3) is 0 Å². The molecule has 2 atom stereocenters. The molecule has 0 bridgehead atoms. The fourth-order valence-electron chi connectivity index (χ4n) is 2.15. The molecule has 1 aliphatic heterocycles. The average Bonchev–Trinajstić information content (AvgIpc) is 2.38. The van der Waals surface area contributed by atoms with Crippen molar-refractivity contribution < 1.29 is 17.9 Å². The Morgan fingerprint density at radius 2 is 2.16 bits per heavy atom. The molecule has 0 aromatic heterocycles. The van der Waals surface area contributed by atoms with E-state index in [-0.39, 0.29) is 18.3 Å². The lowest BCUT2D eigenvalue weighted by atomic mass is 9.95. The predicted octanol–water partition coefficient (Wildman–Crippen LogP) is -0.398. The molecule has 8 heteroatoms. The first-order chi connectivity index (χ1) is 8.90. The summed E-state index contributed by atoms with van der Waals surface area (Å²) in [5.41, 5.74) is 0. The second-order valence-electron chi connectivity index (χ2n) is 4.75. The molecule has 2 unspecified atom stereocenters. The average molecular weight is 293 g/mol. The minimum atomic E-state index is -3.33. The van der Waals surface area contributed by atoms with Crippen LogP contribution < -0.4 is 10.6 Å². The predicted molar refractivity (Wildman–Crippen MR) is 72.4 cm³/mol. The standard InChI is InChI=1S/C11H23N3O4S/c1-9-4-6-14(8-10(9)12-2)19(16,17)7-5-13-11(15)18-3/h9-10,12H,4-8H2,1-3H3,(H,13,15). The molecule has 0 spiro atoms. The van der Waals surface area contributed by atoms with Crippen molar-refractivity contribution in [1.29, 1.82) is 0 Å². The molecule has 112 valence electrons. The highest BCUT2D eigenvalue weighted by Crippen LogP contribution is 2.19. The van der Waals surface area contributed by atoms with Gasteiger partial charge in [-0.15, -0.1) is 0 Å². The Labute approximate surface area is 114 Å². The minimum Gasteiger partial charge on any atom is -0.453 e. The molecule has 1 fully saturated rings. The van der Waals surface area contributed by atoms with Gasteiger partial charge in [0.2, 0.25) is 10.0 Å². The van der Waals surface area contributed by atoms with Crippen LogP contribution in [-0.2, 0) is 14.8 Å². The third kappa shape index (κ3) is 4.63. The van der Waals surface area contributed by atoms with Crippen molar-refractivity contribution in [3.05, 3.63) is 0 Å². The van der Waals surface area contributed by atoms with Crippen molar-refractivity contribution in [2.24, 2.45) is 5.92 Å². The highest BCUT2D eigenvalue weighted by atomic mass is 32.2. The largest absolute Gasteiger partial charge is 0.453 e. The zero-order valence-electron chi connectivity index (χ0n) is 11.7. The smallest absolute Gasteiger partial charge is 0.406 e. The van der Waals surface area contributed by atoms with Gasteiger partial charge in [0.05, 0.1) is 12.9 Å². The third-order valence-corrected chi connectivity index (χ3v) is 5.34. The van der Waals surface area contributed by atoms with E-state index in [0.29, 0.717) is 19.0 Å². The van der Waals surface area contributed by atoms with Crippen LogP contribution in [0.2, 0.25) is 0 Å². The zero-order chi connectivity index (χ0) is 14.5. The quantitative estimate of drug-likeness (QED) is 0.720. The van der Waals surface area contributed by atoms with Crippen LogP contribution in [0.15, 0.2) is 0 Å². The van der Waals surface area contributed by atoms with E-state index in [2.05, 4.69) is 22.3 Å². The van der Waals surface area contributed by atoms with E-state index < -0.39 is 16.1 Å². The minimum absolute atomic E-state index is 0.0608. The van der Waals surface area contributed by atoms with Crippen LogP contribution >= 0.6 is 0 Å². The molecule has 0 aromatic carbocycles. The van der Waals surface area contributed by atoms with Crippen LogP contribution in [0.3, 0.4) is 0 Å². The number of ether oxygens (including phenoxy) is 1. The number of nitrogens with one attached hydrogen (secondary N) is 2. The Hall–Kier alpha value is -0.860. The van der Waals surface area contributed by atoms with Gasteiger partial charge in [-0.1, -0.05) is 6.92 Å². The summed E-state index contributed by atoms with van der Waals surface area (Å²) in [6.07, 6.45) is 0.227. The maximum absolute atomic E-state index is 12.1. The first-order valence-electron chi connectivity index (χ1n) is 6.37. The molecule has 7 nitrogen and oxygen atoms in total. The van der Waals surface area contributed by atoms with Gasteiger partial charge in [-0.25, -0.2) is 17.5 Å². The molecule has 19 heavy (non-hydrogen) atoms. The van der Waals surface area contributed by atoms with E-state index in [1.54, 1.807) is 0 Å². The van der Waals surface area contributed by atoms with Gasteiger partial charge < -0.3 is 15.4 Å². The number of nitrogens with zero attached hydrogens (tertiary/aromatic N) is 1. The summed E-state index contributed by atoms with van der Waals surface area (Å²) < 4.78 is 30.1. The molecule has 1 amide bonds. The van der Waals surface area contributed by atoms with Crippen LogP contribution in [0.25, 0.3) is 0 Å². The van der Waals surface area contributed by atoms with Gasteiger partial charge in [0.15, 0.2) is 0 Å². The lowest BCUT2D eigenvalue weighted by molar-refractivity contribution is 0.171. The number of alkyl carbamates (subject to hydrolysis) is 1. The van der Waals surface area contributed by atoms with Crippen molar-refractivity contribution in [3.8, 4) is 0 Å². The fourth-order valence-corrected chi connectivity index (χ4v) is 3.54. The maximum atomic E-state index is 12.1. The maximum Gasteiger partial charge on any atom is 0.406 e. The summed E-state index contributed by atoms with van der Waals surface area (Å²) in [7, 11) is -0.244. The van der Waals surface area contributed by atoms with Crippen molar-refractivity contribution in [1.82, 2.24) is 14.9 Å². The molecule has 0 radical (unpaired) electrons. The number of rotatable bonds is 5. The molecule has 0 saturated carbocycles. The first kappa shape index (κ1) is 16.2. The number of piperidine rings is 1. The van der Waals surface area contributed by atoms with Crippen molar-refractivity contribution in [2.75, 3.05) is 39.5 Å². The molecule has 2 N–H and O–H groups in total. The number of amides is 1. The third-order valence-electron chi connectivity index (χ3n) is 3.50. The van der Waals surface area contributed by atoms with Gasteiger partial charge in [0.1, 0.15) is 0 Å². The van der Waals surface area contributed by atoms with E-state index in [1.165, 1.54) is 11.4 Å². The van der Waals surface area contributed by atoms with Gasteiger partial charge in [-0.3, -0.25) is 0 Å². The lowest BCUT2D eigenvalue weighted by Crippen LogP contribution is -2.52. The SMILES string of the molecule is CNC1CN(S(=O)(=O)CCNC(=O)OC)CCC1C. The van der Waals surface area contributed by atoms with Gasteiger partial charge in [-0.05, 0) is 19.4 Å². The monoisotopic (exact) mass is 293 g/mol. The number of carbonyl (C=O) groups is 1. The van der Waals surface area contributed by atoms with E-state index in [0.717, 1.165) is 6.42 Å². The summed E-state index contributed by atoms with van der Waals surface area (Å²) >= 11 is 0. The number of hydrogen-bond donors (Lipinski definition) is 2. The highest BCUT2D eigenvalue weighted by Gasteiger charge is 2.31. The number of methoxy groups -OCH3 is 1. The Kier molecular flexibility index (Phi) is 6.02. The summed E-state index contributed by atoms with van der Waals surface area (Å²) in [4.78, 5) is 10.9. The molecule has 1 aliphatic rings. The van der Waals surface area contributed by atoms with Gasteiger partial charge in [-0.2, -0.15) is 0 Å². The zero-order valence-corrected chi connectivity index (χ0v) is 12.5. The molecular formula is C11H23N3O4S.